The van der Waals surface area contributed by atoms with Gasteiger partial charge >= 0.3 is 6.03 Å². The van der Waals surface area contributed by atoms with Gasteiger partial charge in [0.05, 0.1) is 37.6 Å². The van der Waals surface area contributed by atoms with Crippen LogP contribution in [0.1, 0.15) is 32.8 Å². The van der Waals surface area contributed by atoms with Crippen LogP contribution in [0.2, 0.25) is 5.02 Å². The number of urea groups is 1. The van der Waals surface area contributed by atoms with E-state index >= 15 is 0 Å². The highest BCUT2D eigenvalue weighted by molar-refractivity contribution is 6.39. The third kappa shape index (κ3) is 8.07. The molecule has 1 saturated heterocycles. The van der Waals surface area contributed by atoms with Crippen LogP contribution < -0.4 is 39.2 Å². The lowest BCUT2D eigenvalue weighted by Gasteiger charge is -2.27. The topological polar surface area (TPSA) is 142 Å². The summed E-state index contributed by atoms with van der Waals surface area (Å²) in [7, 11) is 1.54. The molecule has 0 unspecified atom stereocenters. The Labute approximate surface area is 271 Å². The number of nitrogens with zero attached hydrogens (tertiary/aromatic N) is 1. The summed E-state index contributed by atoms with van der Waals surface area (Å²) in [4.78, 5) is 52.6. The Morgan fingerprint density at radius 1 is 0.891 bits per heavy atom. The predicted molar refractivity (Wildman–Crippen MR) is 172 cm³/mol. The fourth-order valence-electron chi connectivity index (χ4n) is 4.38. The van der Waals surface area contributed by atoms with Crippen LogP contribution in [0.15, 0.2) is 60.2 Å². The molecule has 0 bridgehead atoms. The molecular weight excluding hydrogens is 618 g/mol. The summed E-state index contributed by atoms with van der Waals surface area (Å²) in [5.74, 6) is -0.458. The molecule has 242 valence electrons. The lowest BCUT2D eigenvalue weighted by atomic mass is 10.1. The van der Waals surface area contributed by atoms with E-state index < -0.39 is 23.8 Å². The Hall–Kier alpha value is -5.23. The van der Waals surface area contributed by atoms with E-state index in [4.69, 9.17) is 35.3 Å². The molecule has 1 aliphatic rings. The minimum atomic E-state index is -0.915. The zero-order valence-electron chi connectivity index (χ0n) is 25.8. The van der Waals surface area contributed by atoms with Gasteiger partial charge in [-0.05, 0) is 80.4 Å². The average molecular weight is 652 g/mol. The van der Waals surface area contributed by atoms with Crippen LogP contribution in [0.4, 0.5) is 16.2 Å². The van der Waals surface area contributed by atoms with Crippen LogP contribution >= 0.6 is 11.6 Å². The van der Waals surface area contributed by atoms with E-state index in [-0.39, 0.29) is 41.0 Å². The van der Waals surface area contributed by atoms with Crippen molar-refractivity contribution in [3.05, 3.63) is 70.8 Å². The van der Waals surface area contributed by atoms with Crippen molar-refractivity contribution in [2.45, 2.75) is 27.2 Å². The maximum Gasteiger partial charge on any atom is 0.335 e. The number of barbiturate groups is 1. The first kappa shape index (κ1) is 33.7. The highest BCUT2D eigenvalue weighted by Gasteiger charge is 2.37. The third-order valence-electron chi connectivity index (χ3n) is 6.41. The Balaban J connectivity index is 1.57. The van der Waals surface area contributed by atoms with Gasteiger partial charge in [-0.15, -0.1) is 0 Å². The number of nitrogens with one attached hydrogen (secondary N) is 2. The van der Waals surface area contributed by atoms with Gasteiger partial charge in [0.2, 0.25) is 0 Å². The molecule has 13 heteroatoms. The van der Waals surface area contributed by atoms with Gasteiger partial charge in [0.25, 0.3) is 17.7 Å². The van der Waals surface area contributed by atoms with Crippen molar-refractivity contribution in [1.29, 1.82) is 0 Å². The number of rotatable bonds is 14. The molecule has 3 aromatic carbocycles. The fourth-order valence-corrected chi connectivity index (χ4v) is 4.65. The van der Waals surface area contributed by atoms with Gasteiger partial charge in [0.15, 0.2) is 29.6 Å². The molecule has 0 aliphatic carbocycles. The number of anilines is 2. The van der Waals surface area contributed by atoms with E-state index in [1.165, 1.54) is 30.3 Å². The molecule has 1 aliphatic heterocycles. The van der Waals surface area contributed by atoms with Crippen molar-refractivity contribution in [1.82, 2.24) is 5.32 Å². The Kier molecular flexibility index (Phi) is 11.5. The number of carbonyl (C=O) groups is 4. The van der Waals surface area contributed by atoms with Crippen molar-refractivity contribution in [2.75, 3.05) is 43.8 Å². The maximum atomic E-state index is 13.6. The number of methoxy groups -OCH3 is 1. The molecule has 2 N–H and O–H groups in total. The van der Waals surface area contributed by atoms with Gasteiger partial charge in [0, 0.05) is 11.8 Å². The minimum Gasteiger partial charge on any atom is -0.497 e. The molecule has 5 amide bonds. The number of carbonyl (C=O) groups excluding carboxylic acids is 4. The molecule has 0 atom stereocenters. The molecule has 0 radical (unpaired) electrons. The second kappa shape index (κ2) is 15.7. The second-order valence-corrected chi connectivity index (χ2v) is 10.1. The molecule has 12 nitrogen and oxygen atoms in total. The van der Waals surface area contributed by atoms with E-state index in [1.807, 2.05) is 6.92 Å². The number of hydrogen-bond acceptors (Lipinski definition) is 9. The Morgan fingerprint density at radius 2 is 1.61 bits per heavy atom. The summed E-state index contributed by atoms with van der Waals surface area (Å²) in [6, 6.07) is 13.4. The molecule has 4 rings (SSSR count). The number of halogens is 1. The summed E-state index contributed by atoms with van der Waals surface area (Å²) >= 11 is 6.53. The quantitative estimate of drug-likeness (QED) is 0.168. The van der Waals surface area contributed by atoms with Crippen LogP contribution in [-0.4, -0.2) is 57.3 Å². The summed E-state index contributed by atoms with van der Waals surface area (Å²) in [5.41, 5.74) is 0.716. The molecule has 1 heterocycles. The Morgan fingerprint density at radius 3 is 2.28 bits per heavy atom. The van der Waals surface area contributed by atoms with Gasteiger partial charge < -0.3 is 29.0 Å². The van der Waals surface area contributed by atoms with Crippen molar-refractivity contribution in [3.8, 4) is 28.7 Å². The normalized spacial score (nSPS) is 13.7. The number of hydrogen-bond donors (Lipinski definition) is 2. The first-order valence-electron chi connectivity index (χ1n) is 14.5. The number of ether oxygens (including phenoxy) is 5. The first-order chi connectivity index (χ1) is 22.2. The third-order valence-corrected chi connectivity index (χ3v) is 6.69. The van der Waals surface area contributed by atoms with Gasteiger partial charge in [-0.25, -0.2) is 9.69 Å². The summed E-state index contributed by atoms with van der Waals surface area (Å²) in [6.07, 6.45) is 2.06. The number of benzene rings is 3. The summed E-state index contributed by atoms with van der Waals surface area (Å²) < 4.78 is 27.9. The highest BCUT2D eigenvalue weighted by atomic mass is 35.5. The van der Waals surface area contributed by atoms with Gasteiger partial charge in [0.1, 0.15) is 11.3 Å². The van der Waals surface area contributed by atoms with E-state index in [0.717, 1.165) is 11.3 Å². The van der Waals surface area contributed by atoms with Crippen LogP contribution in [0.5, 0.6) is 28.7 Å². The summed E-state index contributed by atoms with van der Waals surface area (Å²) in [6.45, 7) is 6.14. The van der Waals surface area contributed by atoms with Crippen LogP contribution in [0, 0.1) is 0 Å². The van der Waals surface area contributed by atoms with Crippen molar-refractivity contribution in [3.63, 3.8) is 0 Å². The molecule has 0 saturated carbocycles. The van der Waals surface area contributed by atoms with Crippen molar-refractivity contribution in [2.24, 2.45) is 0 Å². The molecule has 0 spiro atoms. The maximum absolute atomic E-state index is 13.6. The van der Waals surface area contributed by atoms with Crippen molar-refractivity contribution < 1.29 is 42.9 Å². The van der Waals surface area contributed by atoms with Gasteiger partial charge in [-0.2, -0.15) is 0 Å². The lowest BCUT2D eigenvalue weighted by molar-refractivity contribution is -0.122. The SMILES string of the molecule is CCCOc1ccc(N2C(=O)NC(=O)/C(=C\c3cc(Cl)c(OCC(=O)Nc4ccc(OC)cc4)c(OCC)c3)C2=O)cc1OCC. The Bertz CT molecular complexity index is 1640. The molecule has 46 heavy (non-hydrogen) atoms. The molecular formula is C33H34ClN3O9. The molecule has 3 aromatic rings. The first-order valence-corrected chi connectivity index (χ1v) is 14.9. The van der Waals surface area contributed by atoms with E-state index in [0.29, 0.717) is 41.7 Å². The molecule has 1 fully saturated rings. The van der Waals surface area contributed by atoms with Crippen LogP contribution in [0.25, 0.3) is 6.08 Å². The van der Waals surface area contributed by atoms with Crippen LogP contribution in [0.3, 0.4) is 0 Å². The van der Waals surface area contributed by atoms with Gasteiger partial charge in [-0.1, -0.05) is 18.5 Å². The van der Waals surface area contributed by atoms with Crippen LogP contribution in [-0.2, 0) is 14.4 Å². The average Bonchev–Trinajstić information content (AvgIpc) is 3.03. The number of amides is 5. The van der Waals surface area contributed by atoms with Gasteiger partial charge in [-0.3, -0.25) is 19.7 Å². The van der Waals surface area contributed by atoms with E-state index in [9.17, 15) is 19.2 Å². The molecule has 0 aromatic heterocycles. The van der Waals surface area contributed by atoms with Crippen molar-refractivity contribution >= 4 is 52.8 Å². The second-order valence-electron chi connectivity index (χ2n) is 9.70. The monoisotopic (exact) mass is 651 g/mol. The fraction of sp³-hybridized carbons (Fsp3) is 0.273. The zero-order chi connectivity index (χ0) is 33.2. The number of imide groups is 2. The van der Waals surface area contributed by atoms with E-state index in [2.05, 4.69) is 10.6 Å². The smallest absolute Gasteiger partial charge is 0.335 e. The summed E-state index contributed by atoms with van der Waals surface area (Å²) in [5, 5.41) is 4.98. The largest absolute Gasteiger partial charge is 0.497 e. The highest BCUT2D eigenvalue weighted by Crippen LogP contribution is 2.38. The predicted octanol–water partition coefficient (Wildman–Crippen LogP) is 5.62. The lowest BCUT2D eigenvalue weighted by Crippen LogP contribution is -2.54. The van der Waals surface area contributed by atoms with E-state index in [1.54, 1.807) is 51.3 Å². The zero-order valence-corrected chi connectivity index (χ0v) is 26.6. The standard InChI is InChI=1S/C33H34ClN3O9/c1-5-14-45-26-13-10-22(18-27(26)43-6-2)37-32(40)24(31(39)36-33(37)41)15-20-16-25(34)30(28(17-20)44-7-3)46-19-29(38)35-21-8-11-23(42-4)12-9-21/h8-13,15-18H,5-7,14,19H2,1-4H3,(H,35,38)(H,36,39,41)/b24-15+. The minimum absolute atomic E-state index is 0.0654.